The van der Waals surface area contributed by atoms with Crippen molar-refractivity contribution < 1.29 is 9.21 Å². The van der Waals surface area contributed by atoms with Gasteiger partial charge in [0, 0.05) is 30.8 Å². The van der Waals surface area contributed by atoms with Crippen LogP contribution in [0.15, 0.2) is 53.1 Å². The fourth-order valence-electron chi connectivity index (χ4n) is 3.72. The van der Waals surface area contributed by atoms with Crippen molar-refractivity contribution in [2.24, 2.45) is 5.92 Å². The summed E-state index contributed by atoms with van der Waals surface area (Å²) in [4.78, 5) is 23.9. The number of anilines is 1. The summed E-state index contributed by atoms with van der Waals surface area (Å²) < 4.78 is 5.51. The molecule has 0 radical (unpaired) electrons. The number of hydrogen-bond donors (Lipinski definition) is 1. The average Bonchev–Trinajstić information content (AvgIpc) is 3.17. The van der Waals surface area contributed by atoms with E-state index in [4.69, 9.17) is 9.40 Å². The van der Waals surface area contributed by atoms with Crippen molar-refractivity contribution in [2.45, 2.75) is 33.2 Å². The third-order valence-corrected chi connectivity index (χ3v) is 5.34. The summed E-state index contributed by atoms with van der Waals surface area (Å²) in [6.45, 7) is 6.03. The maximum Gasteiger partial charge on any atom is 0.223 e. The second kappa shape index (κ2) is 8.47. The molecule has 6 nitrogen and oxygen atoms in total. The summed E-state index contributed by atoms with van der Waals surface area (Å²) in [6.07, 6.45) is 3.43. The lowest BCUT2D eigenvalue weighted by Crippen LogP contribution is -2.40. The third-order valence-electron chi connectivity index (χ3n) is 5.34. The van der Waals surface area contributed by atoms with Crippen LogP contribution in [0.5, 0.6) is 0 Å². The number of furan rings is 1. The van der Waals surface area contributed by atoms with Gasteiger partial charge in [-0.15, -0.1) is 0 Å². The molecule has 6 heteroatoms. The predicted octanol–water partition coefficient (Wildman–Crippen LogP) is 3.89. The number of amides is 1. The van der Waals surface area contributed by atoms with Crippen molar-refractivity contribution in [3.05, 3.63) is 65.7 Å². The number of aryl methyl sites for hydroxylation is 2. The molecule has 150 valence electrons. The Morgan fingerprint density at radius 3 is 2.72 bits per heavy atom. The minimum atomic E-state index is 0.0281. The Labute approximate surface area is 171 Å². The van der Waals surface area contributed by atoms with E-state index in [-0.39, 0.29) is 11.8 Å². The molecule has 0 saturated carbocycles. The lowest BCUT2D eigenvalue weighted by atomic mass is 9.96. The van der Waals surface area contributed by atoms with E-state index in [1.54, 1.807) is 0 Å². The number of carbonyl (C=O) groups is 1. The summed E-state index contributed by atoms with van der Waals surface area (Å²) in [5, 5.41) is 3.00. The molecule has 0 atom stereocenters. The first-order valence-corrected chi connectivity index (χ1v) is 10.1. The highest BCUT2D eigenvalue weighted by atomic mass is 16.3. The van der Waals surface area contributed by atoms with Crippen LogP contribution in [-0.4, -0.2) is 29.0 Å². The molecule has 3 heterocycles. The molecule has 1 saturated heterocycles. The van der Waals surface area contributed by atoms with Crippen molar-refractivity contribution in [3.8, 4) is 11.4 Å². The molecule has 29 heavy (non-hydrogen) atoms. The minimum Gasteiger partial charge on any atom is -0.465 e. The van der Waals surface area contributed by atoms with Gasteiger partial charge in [0.1, 0.15) is 17.3 Å². The van der Waals surface area contributed by atoms with Crippen molar-refractivity contribution >= 4 is 11.7 Å². The normalized spacial score (nSPS) is 14.8. The number of carbonyl (C=O) groups excluding carboxylic acids is 1. The summed E-state index contributed by atoms with van der Waals surface area (Å²) in [6, 6.07) is 14.0. The maximum absolute atomic E-state index is 12.5. The molecule has 0 unspecified atom stereocenters. The topological polar surface area (TPSA) is 71.3 Å². The molecule has 1 fully saturated rings. The van der Waals surface area contributed by atoms with Gasteiger partial charge in [0.05, 0.1) is 6.54 Å². The first-order chi connectivity index (χ1) is 14.1. The van der Waals surface area contributed by atoms with Crippen LogP contribution in [0.4, 0.5) is 5.82 Å². The van der Waals surface area contributed by atoms with Crippen molar-refractivity contribution in [1.82, 2.24) is 15.3 Å². The van der Waals surface area contributed by atoms with E-state index in [0.29, 0.717) is 6.54 Å². The van der Waals surface area contributed by atoms with Crippen LogP contribution in [0.3, 0.4) is 0 Å². The molecule has 0 spiro atoms. The van der Waals surface area contributed by atoms with E-state index in [9.17, 15) is 4.79 Å². The van der Waals surface area contributed by atoms with Gasteiger partial charge in [-0.05, 0) is 51.0 Å². The lowest BCUT2D eigenvalue weighted by Gasteiger charge is -2.32. The van der Waals surface area contributed by atoms with Gasteiger partial charge in [-0.3, -0.25) is 4.79 Å². The Morgan fingerprint density at radius 2 is 2.00 bits per heavy atom. The fourth-order valence-corrected chi connectivity index (χ4v) is 3.72. The molecule has 1 aliphatic rings. The first kappa shape index (κ1) is 19.2. The number of hydrogen-bond acceptors (Lipinski definition) is 5. The zero-order valence-electron chi connectivity index (χ0n) is 16.9. The summed E-state index contributed by atoms with van der Waals surface area (Å²) in [7, 11) is 0. The quantitative estimate of drug-likeness (QED) is 0.716. The fraction of sp³-hybridized carbons (Fsp3) is 0.348. The molecule has 1 aromatic carbocycles. The van der Waals surface area contributed by atoms with Gasteiger partial charge in [-0.25, -0.2) is 9.97 Å². The molecule has 2 aromatic heterocycles. The molecule has 0 bridgehead atoms. The number of benzene rings is 1. The predicted molar refractivity (Wildman–Crippen MR) is 112 cm³/mol. The number of nitrogens with one attached hydrogen (secondary N) is 1. The smallest absolute Gasteiger partial charge is 0.223 e. The van der Waals surface area contributed by atoms with E-state index < -0.39 is 0 Å². The van der Waals surface area contributed by atoms with Gasteiger partial charge >= 0.3 is 0 Å². The summed E-state index contributed by atoms with van der Waals surface area (Å²) in [5.74, 6) is 3.43. The zero-order valence-corrected chi connectivity index (χ0v) is 16.9. The van der Waals surface area contributed by atoms with E-state index in [2.05, 4.69) is 34.3 Å². The highest BCUT2D eigenvalue weighted by molar-refractivity contribution is 5.78. The van der Waals surface area contributed by atoms with Gasteiger partial charge in [-0.2, -0.15) is 0 Å². The lowest BCUT2D eigenvalue weighted by molar-refractivity contribution is -0.125. The molecule has 1 aliphatic heterocycles. The molecule has 1 amide bonds. The standard InChI is InChI=1S/C23H26N4O2/c1-16-4-3-5-19(14-16)22-24-11-8-21(26-22)27-12-9-18(10-13-27)23(28)25-15-20-7-6-17(2)29-20/h3-8,11,14,18H,9-10,12-13,15H2,1-2H3,(H,25,28). The largest absolute Gasteiger partial charge is 0.465 e. The van der Waals surface area contributed by atoms with Gasteiger partial charge < -0.3 is 14.6 Å². The third kappa shape index (κ3) is 4.65. The van der Waals surface area contributed by atoms with Crippen LogP contribution in [0.25, 0.3) is 11.4 Å². The minimum absolute atomic E-state index is 0.0281. The van der Waals surface area contributed by atoms with Crippen molar-refractivity contribution in [2.75, 3.05) is 18.0 Å². The van der Waals surface area contributed by atoms with Gasteiger partial charge in [0.15, 0.2) is 5.82 Å². The number of nitrogens with zero attached hydrogens (tertiary/aromatic N) is 3. The average molecular weight is 390 g/mol. The number of piperidine rings is 1. The maximum atomic E-state index is 12.5. The Hall–Kier alpha value is -3.15. The Bertz CT molecular complexity index is 990. The Morgan fingerprint density at radius 1 is 1.17 bits per heavy atom. The van der Waals surface area contributed by atoms with Crippen LogP contribution in [0.2, 0.25) is 0 Å². The Kier molecular flexibility index (Phi) is 5.60. The molecule has 3 aromatic rings. The van der Waals surface area contributed by atoms with Gasteiger partial charge in [0.25, 0.3) is 0 Å². The molecule has 4 rings (SSSR count). The van der Waals surface area contributed by atoms with Crippen LogP contribution in [-0.2, 0) is 11.3 Å². The molecular formula is C23H26N4O2. The molecule has 0 aliphatic carbocycles. The van der Waals surface area contributed by atoms with E-state index >= 15 is 0 Å². The first-order valence-electron chi connectivity index (χ1n) is 10.1. The van der Waals surface area contributed by atoms with E-state index in [1.165, 1.54) is 5.56 Å². The molecular weight excluding hydrogens is 364 g/mol. The van der Waals surface area contributed by atoms with Crippen LogP contribution < -0.4 is 10.2 Å². The summed E-state index contributed by atoms with van der Waals surface area (Å²) >= 11 is 0. The number of rotatable bonds is 5. The zero-order chi connectivity index (χ0) is 20.2. The molecule has 1 N–H and O–H groups in total. The van der Waals surface area contributed by atoms with E-state index in [0.717, 1.165) is 54.7 Å². The van der Waals surface area contributed by atoms with Gasteiger partial charge in [0.2, 0.25) is 5.91 Å². The summed E-state index contributed by atoms with van der Waals surface area (Å²) in [5.41, 5.74) is 2.21. The Balaban J connectivity index is 1.34. The number of aromatic nitrogens is 2. The SMILES string of the molecule is Cc1cccc(-c2nccc(N3CCC(C(=O)NCc4ccc(C)o4)CC3)n2)c1. The monoisotopic (exact) mass is 390 g/mol. The van der Waals surface area contributed by atoms with Crippen molar-refractivity contribution in [1.29, 1.82) is 0 Å². The second-order valence-corrected chi connectivity index (χ2v) is 7.60. The van der Waals surface area contributed by atoms with Crippen LogP contribution in [0.1, 0.15) is 29.9 Å². The van der Waals surface area contributed by atoms with Crippen molar-refractivity contribution in [3.63, 3.8) is 0 Å². The van der Waals surface area contributed by atoms with Gasteiger partial charge in [-0.1, -0.05) is 23.8 Å². The highest BCUT2D eigenvalue weighted by Gasteiger charge is 2.25. The highest BCUT2D eigenvalue weighted by Crippen LogP contribution is 2.24. The van der Waals surface area contributed by atoms with Crippen LogP contribution in [0, 0.1) is 19.8 Å². The second-order valence-electron chi connectivity index (χ2n) is 7.60. The van der Waals surface area contributed by atoms with E-state index in [1.807, 2.05) is 43.5 Å². The van der Waals surface area contributed by atoms with Crippen LogP contribution >= 0.6 is 0 Å².